The Morgan fingerprint density at radius 2 is 1.70 bits per heavy atom. The first-order valence-corrected chi connectivity index (χ1v) is 11.9. The lowest BCUT2D eigenvalue weighted by molar-refractivity contribution is 1.41. The summed E-state index contributed by atoms with van der Waals surface area (Å²) in [6.45, 7) is 9.18. The van der Waals surface area contributed by atoms with Crippen LogP contribution in [0.15, 0.2) is 58.4 Å². The fraction of sp³-hybridized carbons (Fsp3) is 0.235. The lowest BCUT2D eigenvalue weighted by atomic mass is 10.2. The summed E-state index contributed by atoms with van der Waals surface area (Å²) < 4.78 is 0. The number of rotatable bonds is 4. The summed E-state index contributed by atoms with van der Waals surface area (Å²) >= 11 is 2.00. The predicted octanol–water partition coefficient (Wildman–Crippen LogP) is 5.67. The molecule has 0 aromatic heterocycles. The van der Waals surface area contributed by atoms with Crippen molar-refractivity contribution in [2.75, 3.05) is 0 Å². The maximum absolute atomic E-state index is 4.57. The summed E-state index contributed by atoms with van der Waals surface area (Å²) in [5.74, 6) is 0. The number of hydrogen-bond acceptors (Lipinski definition) is 2. The normalized spacial score (nSPS) is 12.0. The molecule has 104 valence electrons. The van der Waals surface area contributed by atoms with Crippen molar-refractivity contribution in [3.05, 3.63) is 59.7 Å². The highest BCUT2D eigenvalue weighted by molar-refractivity contribution is 8.28. The summed E-state index contributed by atoms with van der Waals surface area (Å²) in [7, 11) is -1.15. The van der Waals surface area contributed by atoms with Gasteiger partial charge in [-0.2, -0.15) is 11.2 Å². The van der Waals surface area contributed by atoms with Gasteiger partial charge in [-0.15, -0.1) is 0 Å². The van der Waals surface area contributed by atoms with Crippen molar-refractivity contribution in [3.8, 4) is 0 Å². The number of aryl methyl sites for hydroxylation is 1. The van der Waals surface area contributed by atoms with Crippen LogP contribution in [0.4, 0.5) is 5.69 Å². The van der Waals surface area contributed by atoms with E-state index in [0.717, 1.165) is 11.3 Å². The van der Waals surface area contributed by atoms with Crippen molar-refractivity contribution < 1.29 is 0 Å². The van der Waals surface area contributed by atoms with Gasteiger partial charge in [0.15, 0.2) is 0 Å². The molecule has 0 aliphatic carbocycles. The third-order valence-corrected chi connectivity index (χ3v) is 6.33. The number of aliphatic imine (C=N–C) groups is 1. The second kappa shape index (κ2) is 6.42. The first-order valence-electron chi connectivity index (χ1n) is 6.82. The minimum Gasteiger partial charge on any atom is -0.256 e. The van der Waals surface area contributed by atoms with Gasteiger partial charge in [0.25, 0.3) is 0 Å². The Balaban J connectivity index is 2.13. The van der Waals surface area contributed by atoms with E-state index in [1.54, 1.807) is 0 Å². The average molecular weight is 300 g/mol. The van der Waals surface area contributed by atoms with Gasteiger partial charge in [0.05, 0.1) is 5.69 Å². The van der Waals surface area contributed by atoms with Crippen molar-refractivity contribution in [3.63, 3.8) is 0 Å². The molecule has 0 radical (unpaired) electrons. The van der Waals surface area contributed by atoms with Gasteiger partial charge in [0, 0.05) is 11.1 Å². The maximum Gasteiger partial charge on any atom is 0.114 e. The summed E-state index contributed by atoms with van der Waals surface area (Å²) in [5, 5.41) is 0. The molecule has 2 aromatic carbocycles. The molecule has 0 spiro atoms. The SMILES string of the molecule is Cc1ccc(C=Nc2cccc(S[Si](C)(C)C)c2)cc1. The topological polar surface area (TPSA) is 12.4 Å². The number of benzene rings is 2. The Morgan fingerprint density at radius 1 is 1.00 bits per heavy atom. The lowest BCUT2D eigenvalue weighted by Crippen LogP contribution is -2.13. The zero-order valence-corrected chi connectivity index (χ0v) is 14.4. The van der Waals surface area contributed by atoms with Crippen LogP contribution < -0.4 is 0 Å². The molecule has 0 fully saturated rings. The molecule has 0 saturated heterocycles. The van der Waals surface area contributed by atoms with Crippen LogP contribution in [0.3, 0.4) is 0 Å². The average Bonchev–Trinajstić information content (AvgIpc) is 2.36. The maximum atomic E-state index is 4.57. The van der Waals surface area contributed by atoms with Crippen LogP contribution in [0, 0.1) is 6.92 Å². The standard InChI is InChI=1S/C17H21NSSi/c1-14-8-10-15(11-9-14)13-18-16-6-5-7-17(12-16)19-20(2,3)4/h5-13H,1-4H3. The quantitative estimate of drug-likeness (QED) is 0.523. The second-order valence-corrected chi connectivity index (χ2v) is 15.1. The van der Waals surface area contributed by atoms with Gasteiger partial charge in [0.2, 0.25) is 0 Å². The minimum atomic E-state index is -1.15. The third kappa shape index (κ3) is 4.98. The zero-order valence-electron chi connectivity index (χ0n) is 12.6. The van der Waals surface area contributed by atoms with E-state index in [1.165, 1.54) is 10.5 Å². The van der Waals surface area contributed by atoms with E-state index in [-0.39, 0.29) is 0 Å². The van der Waals surface area contributed by atoms with Crippen molar-refractivity contribution in [2.45, 2.75) is 31.5 Å². The summed E-state index contributed by atoms with van der Waals surface area (Å²) in [6, 6.07) is 16.9. The van der Waals surface area contributed by atoms with Gasteiger partial charge in [-0.25, -0.2) is 0 Å². The molecule has 20 heavy (non-hydrogen) atoms. The van der Waals surface area contributed by atoms with Gasteiger partial charge >= 0.3 is 0 Å². The van der Waals surface area contributed by atoms with Crippen molar-refractivity contribution in [1.82, 2.24) is 0 Å². The van der Waals surface area contributed by atoms with E-state index < -0.39 is 7.22 Å². The Morgan fingerprint density at radius 3 is 2.35 bits per heavy atom. The van der Waals surface area contributed by atoms with Crippen LogP contribution in [-0.4, -0.2) is 13.4 Å². The molecule has 0 N–H and O–H groups in total. The Labute approximate surface area is 126 Å². The highest BCUT2D eigenvalue weighted by Crippen LogP contribution is 2.31. The van der Waals surface area contributed by atoms with Crippen LogP contribution >= 0.6 is 11.2 Å². The van der Waals surface area contributed by atoms with Gasteiger partial charge in [0.1, 0.15) is 7.22 Å². The Bertz CT molecular complexity index is 597. The van der Waals surface area contributed by atoms with Crippen LogP contribution in [0.5, 0.6) is 0 Å². The number of hydrogen-bond donors (Lipinski definition) is 0. The van der Waals surface area contributed by atoms with Gasteiger partial charge in [-0.1, -0.05) is 55.5 Å². The Hall–Kier alpha value is -1.32. The second-order valence-electron chi connectivity index (χ2n) is 5.88. The van der Waals surface area contributed by atoms with Crippen LogP contribution in [0.2, 0.25) is 19.6 Å². The smallest absolute Gasteiger partial charge is 0.114 e. The lowest BCUT2D eigenvalue weighted by Gasteiger charge is -2.15. The summed E-state index contributed by atoms with van der Waals surface area (Å²) in [6.07, 6.45) is 1.93. The molecule has 2 rings (SSSR count). The first kappa shape index (κ1) is 15.1. The van der Waals surface area contributed by atoms with Gasteiger partial charge in [-0.05, 0) is 30.7 Å². The third-order valence-electron chi connectivity index (χ3n) is 2.68. The van der Waals surface area contributed by atoms with Crippen LogP contribution in [0.25, 0.3) is 0 Å². The fourth-order valence-corrected chi connectivity index (χ4v) is 5.32. The molecule has 0 unspecified atom stereocenters. The predicted molar refractivity (Wildman–Crippen MR) is 94.1 cm³/mol. The molecule has 2 aromatic rings. The van der Waals surface area contributed by atoms with Crippen molar-refractivity contribution >= 4 is 30.3 Å². The Kier molecular flexibility index (Phi) is 4.84. The van der Waals surface area contributed by atoms with Gasteiger partial charge in [-0.3, -0.25) is 4.99 Å². The summed E-state index contributed by atoms with van der Waals surface area (Å²) in [5.41, 5.74) is 3.43. The molecule has 3 heteroatoms. The molecule has 0 saturated carbocycles. The monoisotopic (exact) mass is 299 g/mol. The van der Waals surface area contributed by atoms with Crippen molar-refractivity contribution in [1.29, 1.82) is 0 Å². The first-order chi connectivity index (χ1) is 9.42. The zero-order chi connectivity index (χ0) is 14.6. The summed E-state index contributed by atoms with van der Waals surface area (Å²) in [4.78, 5) is 5.90. The molecule has 0 aliphatic heterocycles. The molecule has 0 heterocycles. The van der Waals surface area contributed by atoms with E-state index in [9.17, 15) is 0 Å². The molecule has 1 nitrogen and oxygen atoms in total. The van der Waals surface area contributed by atoms with Crippen LogP contribution in [-0.2, 0) is 0 Å². The molecule has 0 bridgehead atoms. The highest BCUT2D eigenvalue weighted by Gasteiger charge is 2.14. The molecule has 0 aliphatic rings. The van der Waals surface area contributed by atoms with Crippen LogP contribution in [0.1, 0.15) is 11.1 Å². The largest absolute Gasteiger partial charge is 0.256 e. The van der Waals surface area contributed by atoms with E-state index in [4.69, 9.17) is 0 Å². The highest BCUT2D eigenvalue weighted by atomic mass is 32.4. The van der Waals surface area contributed by atoms with Gasteiger partial charge < -0.3 is 0 Å². The molecular weight excluding hydrogens is 278 g/mol. The minimum absolute atomic E-state index is 1.02. The molecule has 0 atom stereocenters. The van der Waals surface area contributed by atoms with E-state index in [1.807, 2.05) is 17.4 Å². The van der Waals surface area contributed by atoms with E-state index >= 15 is 0 Å². The number of nitrogens with zero attached hydrogens (tertiary/aromatic N) is 1. The molecular formula is C17H21NSSi. The van der Waals surface area contributed by atoms with E-state index in [2.05, 4.69) is 80.1 Å². The molecule has 0 amide bonds. The van der Waals surface area contributed by atoms with E-state index in [0.29, 0.717) is 0 Å². The van der Waals surface area contributed by atoms with Crippen molar-refractivity contribution in [2.24, 2.45) is 4.99 Å². The fourth-order valence-electron chi connectivity index (χ4n) is 1.78.